The molecule has 1 heterocycles. The number of nitro groups is 1. The van der Waals surface area contributed by atoms with Gasteiger partial charge in [0.25, 0.3) is 5.69 Å². The van der Waals surface area contributed by atoms with Crippen LogP contribution in [0.3, 0.4) is 0 Å². The molecule has 2 rings (SSSR count). The van der Waals surface area contributed by atoms with Crippen LogP contribution in [0.15, 0.2) is 18.2 Å². The molecule has 6 nitrogen and oxygen atoms in total. The second kappa shape index (κ2) is 4.28. The molecule has 1 fully saturated rings. The summed E-state index contributed by atoms with van der Waals surface area (Å²) in [5.41, 5.74) is 0.0481. The number of carbonyl (C=O) groups excluding carboxylic acids is 1. The third-order valence-electron chi connectivity index (χ3n) is 2.16. The van der Waals surface area contributed by atoms with Crippen LogP contribution < -0.4 is 4.74 Å². The number of epoxide rings is 1. The summed E-state index contributed by atoms with van der Waals surface area (Å²) < 4.78 is 10.3. The summed E-state index contributed by atoms with van der Waals surface area (Å²) in [6, 6.07) is 3.91. The number of hydrogen-bond donors (Lipinski definition) is 0. The highest BCUT2D eigenvalue weighted by Crippen LogP contribution is 2.23. The van der Waals surface area contributed by atoms with Gasteiger partial charge in [0, 0.05) is 12.1 Å². The molecular formula is C10H9NO5. The first kappa shape index (κ1) is 10.6. The van der Waals surface area contributed by atoms with E-state index in [1.807, 2.05) is 0 Å². The van der Waals surface area contributed by atoms with Gasteiger partial charge in [-0.05, 0) is 6.07 Å². The van der Waals surface area contributed by atoms with Gasteiger partial charge in [-0.3, -0.25) is 14.9 Å². The third-order valence-corrected chi connectivity index (χ3v) is 2.16. The second-order valence-electron chi connectivity index (χ2n) is 3.36. The van der Waals surface area contributed by atoms with Crippen LogP contribution in [0.1, 0.15) is 10.4 Å². The van der Waals surface area contributed by atoms with Crippen LogP contribution in [0.2, 0.25) is 0 Å². The molecule has 1 aromatic rings. The van der Waals surface area contributed by atoms with Crippen molar-refractivity contribution >= 4 is 12.0 Å². The molecule has 0 aliphatic carbocycles. The lowest BCUT2D eigenvalue weighted by Gasteiger charge is -2.06. The van der Waals surface area contributed by atoms with Crippen molar-refractivity contribution in [2.75, 3.05) is 13.2 Å². The predicted octanol–water partition coefficient (Wildman–Crippen LogP) is 1.18. The quantitative estimate of drug-likeness (QED) is 0.324. The first-order valence-corrected chi connectivity index (χ1v) is 4.68. The van der Waals surface area contributed by atoms with Gasteiger partial charge in [-0.2, -0.15) is 0 Å². The average molecular weight is 223 g/mol. The fourth-order valence-electron chi connectivity index (χ4n) is 1.22. The van der Waals surface area contributed by atoms with Crippen molar-refractivity contribution in [1.29, 1.82) is 0 Å². The molecule has 0 saturated carbocycles. The van der Waals surface area contributed by atoms with E-state index < -0.39 is 4.92 Å². The molecular weight excluding hydrogens is 214 g/mol. The molecule has 0 unspecified atom stereocenters. The molecule has 0 N–H and O–H groups in total. The molecule has 0 radical (unpaired) electrons. The van der Waals surface area contributed by atoms with E-state index >= 15 is 0 Å². The normalized spacial score (nSPS) is 17.9. The Morgan fingerprint density at radius 2 is 2.38 bits per heavy atom. The summed E-state index contributed by atoms with van der Waals surface area (Å²) in [5.74, 6) is 0.344. The third kappa shape index (κ3) is 2.34. The number of nitro benzene ring substituents is 1. The van der Waals surface area contributed by atoms with Gasteiger partial charge < -0.3 is 9.47 Å². The molecule has 1 aromatic carbocycles. The zero-order valence-corrected chi connectivity index (χ0v) is 8.29. The molecule has 1 atom stereocenters. The van der Waals surface area contributed by atoms with Gasteiger partial charge in [0.1, 0.15) is 18.5 Å². The maximum atomic E-state index is 10.7. The van der Waals surface area contributed by atoms with E-state index in [1.54, 1.807) is 0 Å². The zero-order chi connectivity index (χ0) is 11.5. The summed E-state index contributed by atoms with van der Waals surface area (Å²) in [4.78, 5) is 20.7. The van der Waals surface area contributed by atoms with Gasteiger partial charge in [0.2, 0.25) is 0 Å². The van der Waals surface area contributed by atoms with Crippen molar-refractivity contribution in [3.8, 4) is 5.75 Å². The molecule has 16 heavy (non-hydrogen) atoms. The average Bonchev–Trinajstić information content (AvgIpc) is 3.09. The van der Waals surface area contributed by atoms with E-state index in [0.29, 0.717) is 25.2 Å². The van der Waals surface area contributed by atoms with Gasteiger partial charge in [-0.15, -0.1) is 0 Å². The first-order valence-electron chi connectivity index (χ1n) is 4.68. The number of aldehydes is 1. The molecule has 0 spiro atoms. The highest BCUT2D eigenvalue weighted by atomic mass is 16.6. The van der Waals surface area contributed by atoms with Crippen molar-refractivity contribution in [2.24, 2.45) is 0 Å². The first-order chi connectivity index (χ1) is 7.70. The largest absolute Gasteiger partial charge is 0.490 e. The Morgan fingerprint density at radius 1 is 1.62 bits per heavy atom. The van der Waals surface area contributed by atoms with Crippen molar-refractivity contribution in [3.05, 3.63) is 33.9 Å². The Hall–Kier alpha value is -1.95. The fraction of sp³-hybridized carbons (Fsp3) is 0.300. The highest BCUT2D eigenvalue weighted by molar-refractivity contribution is 5.80. The monoisotopic (exact) mass is 223 g/mol. The number of benzene rings is 1. The van der Waals surface area contributed by atoms with Gasteiger partial charge in [0.05, 0.1) is 17.1 Å². The summed E-state index contributed by atoms with van der Waals surface area (Å²) in [6.07, 6.45) is 0.616. The van der Waals surface area contributed by atoms with E-state index in [9.17, 15) is 14.9 Å². The number of hydrogen-bond acceptors (Lipinski definition) is 5. The van der Waals surface area contributed by atoms with Crippen LogP contribution in [0.25, 0.3) is 0 Å². The van der Waals surface area contributed by atoms with Crippen LogP contribution in [0, 0.1) is 10.1 Å². The summed E-state index contributed by atoms with van der Waals surface area (Å²) >= 11 is 0. The van der Waals surface area contributed by atoms with E-state index in [0.717, 1.165) is 0 Å². The molecule has 84 valence electrons. The molecule has 1 saturated heterocycles. The summed E-state index contributed by atoms with van der Waals surface area (Å²) in [5, 5.41) is 10.5. The van der Waals surface area contributed by atoms with Gasteiger partial charge >= 0.3 is 0 Å². The van der Waals surface area contributed by atoms with Gasteiger partial charge in [0.15, 0.2) is 6.29 Å². The number of ether oxygens (including phenoxy) is 2. The van der Waals surface area contributed by atoms with Crippen molar-refractivity contribution in [1.82, 2.24) is 0 Å². The Bertz CT molecular complexity index is 427. The summed E-state index contributed by atoms with van der Waals surface area (Å²) in [7, 11) is 0. The van der Waals surface area contributed by atoms with Gasteiger partial charge in [-0.1, -0.05) is 0 Å². The van der Waals surface area contributed by atoms with Crippen molar-refractivity contribution < 1.29 is 19.2 Å². The van der Waals surface area contributed by atoms with Crippen LogP contribution >= 0.6 is 0 Å². The lowest BCUT2D eigenvalue weighted by atomic mass is 10.2. The minimum absolute atomic E-state index is 0.0784. The second-order valence-corrected chi connectivity index (χ2v) is 3.36. The van der Waals surface area contributed by atoms with Crippen molar-refractivity contribution in [2.45, 2.75) is 6.10 Å². The van der Waals surface area contributed by atoms with E-state index in [2.05, 4.69) is 0 Å². The number of carbonyl (C=O) groups is 1. The fourth-order valence-corrected chi connectivity index (χ4v) is 1.22. The standard InChI is InChI=1S/C10H9NO5/c12-4-7-3-8(11(13)14)1-2-10(7)16-6-9-5-15-9/h1-4,9H,5-6H2/t9-/m1/s1. The lowest BCUT2D eigenvalue weighted by Crippen LogP contribution is -2.06. The number of rotatable bonds is 5. The Balaban J connectivity index is 2.16. The highest BCUT2D eigenvalue weighted by Gasteiger charge is 2.23. The Morgan fingerprint density at radius 3 is 2.94 bits per heavy atom. The summed E-state index contributed by atoms with van der Waals surface area (Å²) in [6.45, 7) is 1.02. The number of nitrogens with zero attached hydrogens (tertiary/aromatic N) is 1. The van der Waals surface area contributed by atoms with Gasteiger partial charge in [-0.25, -0.2) is 0 Å². The predicted molar refractivity (Wildman–Crippen MR) is 53.7 cm³/mol. The molecule has 1 aliphatic heterocycles. The zero-order valence-electron chi connectivity index (χ0n) is 8.29. The number of non-ortho nitro benzene ring substituents is 1. The smallest absolute Gasteiger partial charge is 0.270 e. The van der Waals surface area contributed by atoms with E-state index in [4.69, 9.17) is 9.47 Å². The SMILES string of the molecule is O=Cc1cc([N+](=O)[O-])ccc1OC[C@H]1CO1. The van der Waals surface area contributed by atoms with E-state index in [-0.39, 0.29) is 17.4 Å². The maximum absolute atomic E-state index is 10.7. The topological polar surface area (TPSA) is 82.0 Å². The van der Waals surface area contributed by atoms with Crippen molar-refractivity contribution in [3.63, 3.8) is 0 Å². The van der Waals surface area contributed by atoms with Crippen LogP contribution in [0.5, 0.6) is 5.75 Å². The van der Waals surface area contributed by atoms with Crippen LogP contribution in [-0.2, 0) is 4.74 Å². The van der Waals surface area contributed by atoms with E-state index in [1.165, 1.54) is 18.2 Å². The molecule has 0 amide bonds. The Labute approximate surface area is 90.9 Å². The minimum atomic E-state index is -0.555. The maximum Gasteiger partial charge on any atom is 0.270 e. The molecule has 6 heteroatoms. The Kier molecular flexibility index (Phi) is 2.82. The minimum Gasteiger partial charge on any atom is -0.490 e. The molecule has 0 bridgehead atoms. The molecule has 0 aromatic heterocycles. The molecule has 1 aliphatic rings. The van der Waals surface area contributed by atoms with Crippen LogP contribution in [-0.4, -0.2) is 30.5 Å². The lowest BCUT2D eigenvalue weighted by molar-refractivity contribution is -0.384. The van der Waals surface area contributed by atoms with Crippen LogP contribution in [0.4, 0.5) is 5.69 Å².